The zero-order valence-electron chi connectivity index (χ0n) is 31.4. The second-order valence-electron chi connectivity index (χ2n) is 14.4. The molecule has 0 aliphatic heterocycles. The number of benzene rings is 2. The Bertz CT molecular complexity index is 2130. The Labute approximate surface area is 304 Å². The van der Waals surface area contributed by atoms with Crippen molar-refractivity contribution < 1.29 is 28.6 Å². The Morgan fingerprint density at radius 2 is 1.73 bits per heavy atom. The standard InChI is InChI=1S/C25H23N2O.C17H22NSi.Ir/c1-3-20-21-5-2-11-27-25(21)28-24(20)22(4-1)23-15-17(10-12-26-23)14-19-13-16-6-8-18(19)9-7-16;1-13(2)15-11-16(14-9-7-6-8-10-14)18-12-17(15)19(3,4)5;/h1-3,5,10-12,15-16,18-19H,6-9,13-14H2;6-9,11-13H,1-5H3;/q2*-1;/i14D2;13D;. The molecule has 3 aliphatic rings. The third-order valence-corrected chi connectivity index (χ3v) is 11.9. The van der Waals surface area contributed by atoms with E-state index in [1.54, 1.807) is 12.4 Å². The van der Waals surface area contributed by atoms with E-state index in [9.17, 15) is 0 Å². The van der Waals surface area contributed by atoms with E-state index in [1.165, 1.54) is 30.9 Å². The quantitative estimate of drug-likeness (QED) is 0.124. The van der Waals surface area contributed by atoms with Gasteiger partial charge in [0.05, 0.1) is 13.7 Å². The van der Waals surface area contributed by atoms with Crippen molar-refractivity contribution >= 4 is 35.3 Å². The molecule has 3 fully saturated rings. The van der Waals surface area contributed by atoms with Crippen molar-refractivity contribution in [2.75, 3.05) is 0 Å². The SMILES string of the molecule is [2H]C(C)(C)c1cc(-c2[c-]cccc2)ncc1[Si](C)(C)C.[2H]C([2H])(c1ccnc(-c2[c-]ccc3c2oc2ncccc23)c1)C1CC2CCC1CC2.[Ir]. The summed E-state index contributed by atoms with van der Waals surface area (Å²) in [5.41, 5.74) is 6.45. The van der Waals surface area contributed by atoms with Crippen LogP contribution in [-0.2, 0) is 26.5 Å². The summed E-state index contributed by atoms with van der Waals surface area (Å²) < 4.78 is 32.5. The summed E-state index contributed by atoms with van der Waals surface area (Å²) in [6.07, 6.45) is 9.96. The summed E-state index contributed by atoms with van der Waals surface area (Å²) in [5, 5.41) is 3.22. The van der Waals surface area contributed by atoms with E-state index in [4.69, 9.17) is 8.53 Å². The number of rotatable bonds is 6. The van der Waals surface area contributed by atoms with E-state index in [2.05, 4.69) is 52.8 Å². The van der Waals surface area contributed by atoms with E-state index in [0.717, 1.165) is 39.6 Å². The maximum atomic E-state index is 9.02. The average molecular weight is 831 g/mol. The molecule has 0 spiro atoms. The van der Waals surface area contributed by atoms with Gasteiger partial charge in [-0.05, 0) is 84.1 Å². The summed E-state index contributed by atoms with van der Waals surface area (Å²) in [5.74, 6) is 0.678. The van der Waals surface area contributed by atoms with Crippen molar-refractivity contribution in [1.82, 2.24) is 15.0 Å². The number of fused-ring (bicyclic) bond motifs is 6. The minimum atomic E-state index is -1.50. The van der Waals surface area contributed by atoms with Crippen LogP contribution in [0.3, 0.4) is 0 Å². The van der Waals surface area contributed by atoms with Crippen molar-refractivity contribution in [2.24, 2.45) is 17.8 Å². The van der Waals surface area contributed by atoms with E-state index in [1.807, 2.05) is 80.7 Å². The van der Waals surface area contributed by atoms with E-state index in [-0.39, 0.29) is 26.0 Å². The second-order valence-corrected chi connectivity index (χ2v) is 19.4. The number of aromatic nitrogens is 3. The molecule has 6 heteroatoms. The van der Waals surface area contributed by atoms with Gasteiger partial charge in [-0.1, -0.05) is 80.5 Å². The van der Waals surface area contributed by atoms with Gasteiger partial charge in [0.25, 0.3) is 0 Å². The minimum Gasteiger partial charge on any atom is -0.486 e. The maximum Gasteiger partial charge on any atom is 0.216 e. The molecule has 3 saturated carbocycles. The smallest absolute Gasteiger partial charge is 0.216 e. The monoisotopic (exact) mass is 831 g/mol. The normalized spacial score (nSPS) is 20.3. The third-order valence-electron chi connectivity index (χ3n) is 9.86. The molecule has 48 heavy (non-hydrogen) atoms. The van der Waals surface area contributed by atoms with Crippen LogP contribution in [0.1, 0.15) is 67.1 Å². The molecule has 1 unspecified atom stereocenters. The van der Waals surface area contributed by atoms with Gasteiger partial charge in [-0.15, -0.1) is 54.1 Å². The molecule has 2 aromatic carbocycles. The van der Waals surface area contributed by atoms with Gasteiger partial charge >= 0.3 is 0 Å². The van der Waals surface area contributed by atoms with Crippen LogP contribution in [0.25, 0.3) is 44.6 Å². The van der Waals surface area contributed by atoms with Crippen LogP contribution in [0.5, 0.6) is 0 Å². The topological polar surface area (TPSA) is 51.8 Å². The van der Waals surface area contributed by atoms with Crippen molar-refractivity contribution in [3.05, 3.63) is 109 Å². The predicted octanol–water partition coefficient (Wildman–Crippen LogP) is 10.4. The van der Waals surface area contributed by atoms with Gasteiger partial charge in [0, 0.05) is 48.2 Å². The van der Waals surface area contributed by atoms with E-state index in [0.29, 0.717) is 34.4 Å². The van der Waals surface area contributed by atoms with Crippen LogP contribution in [-0.4, -0.2) is 23.0 Å². The van der Waals surface area contributed by atoms with Gasteiger partial charge in [-0.2, -0.15) is 0 Å². The fraction of sp³-hybridized carbons (Fsp3) is 0.357. The predicted molar refractivity (Wildman–Crippen MR) is 196 cm³/mol. The molecule has 4 aromatic heterocycles. The van der Waals surface area contributed by atoms with Crippen molar-refractivity contribution in [1.29, 1.82) is 0 Å². The Morgan fingerprint density at radius 1 is 0.896 bits per heavy atom. The molecule has 249 valence electrons. The van der Waals surface area contributed by atoms with Crippen molar-refractivity contribution in [2.45, 2.75) is 77.9 Å². The first kappa shape index (κ1) is 30.6. The largest absolute Gasteiger partial charge is 0.486 e. The summed E-state index contributed by atoms with van der Waals surface area (Å²) in [7, 11) is -1.50. The van der Waals surface area contributed by atoms with Gasteiger partial charge in [-0.3, -0.25) is 0 Å². The van der Waals surface area contributed by atoms with Crippen LogP contribution in [0.15, 0.2) is 89.7 Å². The number of hydrogen-bond acceptors (Lipinski definition) is 4. The summed E-state index contributed by atoms with van der Waals surface area (Å²) in [6, 6.07) is 27.9. The Hall–Kier alpha value is -3.44. The zero-order chi connectivity index (χ0) is 35.3. The van der Waals surface area contributed by atoms with Gasteiger partial charge in [0.15, 0.2) is 0 Å². The fourth-order valence-corrected chi connectivity index (χ4v) is 8.94. The molecule has 0 amide bonds. The molecule has 2 bridgehead atoms. The molecule has 4 nitrogen and oxygen atoms in total. The van der Waals surface area contributed by atoms with Crippen LogP contribution in [0.4, 0.5) is 0 Å². The van der Waals surface area contributed by atoms with Crippen molar-refractivity contribution in [3.8, 4) is 22.5 Å². The average Bonchev–Trinajstić information content (AvgIpc) is 3.51. The molecule has 0 N–H and O–H groups in total. The van der Waals surface area contributed by atoms with Crippen LogP contribution < -0.4 is 5.19 Å². The number of furan rings is 1. The summed E-state index contributed by atoms with van der Waals surface area (Å²) >= 11 is 0. The first-order chi connectivity index (χ1) is 23.8. The molecule has 6 aromatic rings. The summed E-state index contributed by atoms with van der Waals surface area (Å²) in [4.78, 5) is 13.5. The maximum absolute atomic E-state index is 9.02. The van der Waals surface area contributed by atoms with Gasteiger partial charge in [-0.25, -0.2) is 4.98 Å². The number of pyridine rings is 3. The van der Waals surface area contributed by atoms with E-state index < -0.39 is 20.3 Å². The van der Waals surface area contributed by atoms with Crippen molar-refractivity contribution in [3.63, 3.8) is 0 Å². The first-order valence-electron chi connectivity index (χ1n) is 18.4. The van der Waals surface area contributed by atoms with Gasteiger partial charge < -0.3 is 14.4 Å². The van der Waals surface area contributed by atoms with Crippen LogP contribution in [0, 0.1) is 29.9 Å². The third kappa shape index (κ3) is 7.27. The summed E-state index contributed by atoms with van der Waals surface area (Å²) in [6.45, 7) is 10.8. The molecule has 1 radical (unpaired) electrons. The molecule has 1 atom stereocenters. The molecule has 4 heterocycles. The molecular weight excluding hydrogens is 783 g/mol. The molecular formula is C42H45IrN3OSi-2. The van der Waals surface area contributed by atoms with Gasteiger partial charge in [0.1, 0.15) is 0 Å². The Kier molecular flexibility index (Phi) is 9.30. The Balaban J connectivity index is 0.000000188. The minimum absolute atomic E-state index is 0. The van der Waals surface area contributed by atoms with Gasteiger partial charge in [0.2, 0.25) is 5.71 Å². The molecule has 0 saturated heterocycles. The molecule has 3 aliphatic carbocycles. The number of nitrogens with zero attached hydrogens (tertiary/aromatic N) is 3. The fourth-order valence-electron chi connectivity index (χ4n) is 7.36. The van der Waals surface area contributed by atoms with Crippen LogP contribution >= 0.6 is 0 Å². The molecule has 9 rings (SSSR count). The van der Waals surface area contributed by atoms with E-state index >= 15 is 0 Å². The first-order valence-corrected chi connectivity index (χ1v) is 20.4. The second kappa shape index (κ2) is 14.6. The zero-order valence-corrected chi connectivity index (χ0v) is 31.8. The Morgan fingerprint density at radius 3 is 2.44 bits per heavy atom. The van der Waals surface area contributed by atoms with Crippen LogP contribution in [0.2, 0.25) is 19.6 Å². The number of hydrogen-bond donors (Lipinski definition) is 0.